The fourth-order valence-electron chi connectivity index (χ4n) is 2.74. The summed E-state index contributed by atoms with van der Waals surface area (Å²) in [4.78, 5) is 30.9. The molecule has 0 radical (unpaired) electrons. The van der Waals surface area contributed by atoms with Crippen LogP contribution in [0.3, 0.4) is 0 Å². The van der Waals surface area contributed by atoms with Crippen LogP contribution < -0.4 is 16.0 Å². The molecule has 0 amide bonds. The Hall–Kier alpha value is -3.79. The van der Waals surface area contributed by atoms with E-state index in [1.54, 1.807) is 42.5 Å². The summed E-state index contributed by atoms with van der Waals surface area (Å²) in [5.41, 5.74) is 0.689. The monoisotopic (exact) mass is 409 g/mol. The molecule has 0 aliphatic rings. The van der Waals surface area contributed by atoms with E-state index in [0.29, 0.717) is 29.2 Å². The third-order valence-corrected chi connectivity index (χ3v) is 4.66. The smallest absolute Gasteiger partial charge is 0.335 e. The zero-order valence-corrected chi connectivity index (χ0v) is 16.0. The van der Waals surface area contributed by atoms with Gasteiger partial charge in [-0.3, -0.25) is 14.8 Å². The molecule has 0 bridgehead atoms. The van der Waals surface area contributed by atoms with Gasteiger partial charge in [-0.1, -0.05) is 0 Å². The number of H-pyrrole nitrogens is 1. The van der Waals surface area contributed by atoms with Gasteiger partial charge in [0.05, 0.1) is 29.7 Å². The molecule has 0 saturated heterocycles. The number of hydrogen-bond acceptors (Lipinski definition) is 8. The number of fused-ring (bicyclic) bond motifs is 1. The molecular weight excluding hydrogens is 394 g/mol. The molecule has 0 saturated carbocycles. The lowest BCUT2D eigenvalue weighted by Gasteiger charge is -2.10. The van der Waals surface area contributed by atoms with Crippen molar-refractivity contribution >= 4 is 34.7 Å². The number of ether oxygens (including phenoxy) is 1. The van der Waals surface area contributed by atoms with Crippen molar-refractivity contribution in [3.05, 3.63) is 68.9 Å². The summed E-state index contributed by atoms with van der Waals surface area (Å²) in [5, 5.41) is 10.6. The lowest BCUT2D eigenvalue weighted by Crippen LogP contribution is -2.31. The van der Waals surface area contributed by atoms with Crippen LogP contribution in [0.25, 0.3) is 16.7 Å². The zero-order chi connectivity index (χ0) is 20.4. The Morgan fingerprint density at radius 1 is 1.17 bits per heavy atom. The standard InChI is InChI=1S/C19H15N5O4S/c1-2-28-13-6-4-12(5-7-13)24-18(26)14(17(25)21-19(24)27)10-20-11-3-8-15-16(9-11)23-29-22-15/h3-10,26H,2H2,1H3,(H,21,25,27). The minimum atomic E-state index is -0.760. The van der Waals surface area contributed by atoms with Crippen LogP contribution >= 0.6 is 11.7 Å². The Balaban J connectivity index is 1.74. The number of nitrogens with one attached hydrogen (secondary N) is 1. The van der Waals surface area contributed by atoms with E-state index in [4.69, 9.17) is 4.74 Å². The molecule has 2 N–H and O–H groups in total. The zero-order valence-electron chi connectivity index (χ0n) is 15.2. The number of rotatable bonds is 5. The van der Waals surface area contributed by atoms with E-state index in [0.717, 1.165) is 21.8 Å². The molecule has 29 heavy (non-hydrogen) atoms. The number of aliphatic imine (C=N–C) groups is 1. The van der Waals surface area contributed by atoms with Gasteiger partial charge in [-0.2, -0.15) is 8.75 Å². The summed E-state index contributed by atoms with van der Waals surface area (Å²) < 4.78 is 14.6. The van der Waals surface area contributed by atoms with Crippen molar-refractivity contribution < 1.29 is 9.84 Å². The predicted octanol–water partition coefficient (Wildman–Crippen LogP) is 2.39. The molecule has 0 fully saturated rings. The average molecular weight is 409 g/mol. The molecular formula is C19H15N5O4S. The van der Waals surface area contributed by atoms with Crippen molar-refractivity contribution in [2.24, 2.45) is 4.99 Å². The molecule has 0 spiro atoms. The number of aromatic nitrogens is 4. The minimum Gasteiger partial charge on any atom is -0.494 e. The molecule has 10 heteroatoms. The first-order valence-electron chi connectivity index (χ1n) is 8.64. The van der Waals surface area contributed by atoms with Gasteiger partial charge >= 0.3 is 5.69 Å². The van der Waals surface area contributed by atoms with Crippen molar-refractivity contribution in [3.8, 4) is 17.3 Å². The summed E-state index contributed by atoms with van der Waals surface area (Å²) in [7, 11) is 0. The fourth-order valence-corrected chi connectivity index (χ4v) is 3.26. The number of hydrogen-bond donors (Lipinski definition) is 2. The highest BCUT2D eigenvalue weighted by atomic mass is 32.1. The molecule has 2 aromatic heterocycles. The summed E-state index contributed by atoms with van der Waals surface area (Å²) in [6.45, 7) is 2.37. The fraction of sp³-hybridized carbons (Fsp3) is 0.105. The Bertz CT molecular complexity index is 1320. The van der Waals surface area contributed by atoms with Gasteiger partial charge in [-0.25, -0.2) is 9.36 Å². The highest BCUT2D eigenvalue weighted by Crippen LogP contribution is 2.21. The van der Waals surface area contributed by atoms with Gasteiger partial charge in [-0.05, 0) is 49.4 Å². The Morgan fingerprint density at radius 3 is 2.69 bits per heavy atom. The number of nitrogens with zero attached hydrogens (tertiary/aromatic N) is 4. The van der Waals surface area contributed by atoms with Crippen LogP contribution in [0.4, 0.5) is 5.69 Å². The highest BCUT2D eigenvalue weighted by Gasteiger charge is 2.14. The molecule has 146 valence electrons. The van der Waals surface area contributed by atoms with Crippen molar-refractivity contribution in [3.63, 3.8) is 0 Å². The van der Waals surface area contributed by atoms with Crippen LogP contribution in [-0.4, -0.2) is 36.2 Å². The van der Waals surface area contributed by atoms with E-state index in [9.17, 15) is 14.7 Å². The highest BCUT2D eigenvalue weighted by molar-refractivity contribution is 7.00. The Morgan fingerprint density at radius 2 is 1.93 bits per heavy atom. The van der Waals surface area contributed by atoms with Crippen LogP contribution in [0, 0.1) is 0 Å². The van der Waals surface area contributed by atoms with E-state index in [1.165, 1.54) is 6.21 Å². The molecule has 0 aliphatic heterocycles. The van der Waals surface area contributed by atoms with Crippen LogP contribution in [0.2, 0.25) is 0 Å². The Kier molecular flexibility index (Phi) is 4.92. The number of benzene rings is 2. The van der Waals surface area contributed by atoms with E-state index >= 15 is 0 Å². The van der Waals surface area contributed by atoms with Crippen LogP contribution in [0.5, 0.6) is 11.6 Å². The van der Waals surface area contributed by atoms with E-state index < -0.39 is 17.1 Å². The van der Waals surface area contributed by atoms with Crippen molar-refractivity contribution in [2.45, 2.75) is 6.92 Å². The summed E-state index contributed by atoms with van der Waals surface area (Å²) in [5.74, 6) is 0.116. The summed E-state index contributed by atoms with van der Waals surface area (Å²) in [6.07, 6.45) is 1.21. The normalized spacial score (nSPS) is 11.3. The lowest BCUT2D eigenvalue weighted by atomic mass is 10.2. The van der Waals surface area contributed by atoms with Gasteiger partial charge in [0, 0.05) is 6.21 Å². The molecule has 9 nitrogen and oxygen atoms in total. The molecule has 0 aliphatic carbocycles. The third kappa shape index (κ3) is 3.65. The minimum absolute atomic E-state index is 0.144. The molecule has 2 heterocycles. The maximum atomic E-state index is 12.3. The molecule has 2 aromatic carbocycles. The summed E-state index contributed by atoms with van der Waals surface area (Å²) >= 11 is 1.09. The molecule has 0 unspecified atom stereocenters. The first-order valence-corrected chi connectivity index (χ1v) is 9.38. The largest absolute Gasteiger partial charge is 0.494 e. The number of aromatic hydroxyl groups is 1. The second kappa shape index (κ2) is 7.68. The predicted molar refractivity (Wildman–Crippen MR) is 110 cm³/mol. The van der Waals surface area contributed by atoms with Crippen molar-refractivity contribution in [1.29, 1.82) is 0 Å². The maximum Gasteiger partial charge on any atom is 0.335 e. The van der Waals surface area contributed by atoms with Gasteiger partial charge in [0.25, 0.3) is 5.56 Å². The molecule has 4 aromatic rings. The molecule has 0 atom stereocenters. The van der Waals surface area contributed by atoms with Gasteiger partial charge in [0.15, 0.2) is 0 Å². The number of aromatic amines is 1. The van der Waals surface area contributed by atoms with Gasteiger partial charge in [0.1, 0.15) is 22.3 Å². The van der Waals surface area contributed by atoms with E-state index in [1.807, 2.05) is 6.92 Å². The Labute approximate surface area is 167 Å². The average Bonchev–Trinajstić information content (AvgIpc) is 3.17. The van der Waals surface area contributed by atoms with Gasteiger partial charge in [0.2, 0.25) is 5.88 Å². The van der Waals surface area contributed by atoms with E-state index in [2.05, 4.69) is 18.7 Å². The molecule has 4 rings (SSSR count). The second-order valence-corrected chi connectivity index (χ2v) is 6.48. The SMILES string of the molecule is CCOc1ccc(-n2c(O)c(C=Nc3ccc4nsnc4c3)c(=O)[nH]c2=O)cc1. The first-order chi connectivity index (χ1) is 14.1. The lowest BCUT2D eigenvalue weighted by molar-refractivity contribution is 0.340. The van der Waals surface area contributed by atoms with Crippen molar-refractivity contribution in [2.75, 3.05) is 6.61 Å². The topological polar surface area (TPSA) is 122 Å². The van der Waals surface area contributed by atoms with Crippen LogP contribution in [-0.2, 0) is 0 Å². The first kappa shape index (κ1) is 18.6. The second-order valence-electron chi connectivity index (χ2n) is 5.95. The summed E-state index contributed by atoms with van der Waals surface area (Å²) in [6, 6.07) is 11.7. The van der Waals surface area contributed by atoms with Gasteiger partial charge in [-0.15, -0.1) is 0 Å². The third-order valence-electron chi connectivity index (χ3n) is 4.11. The van der Waals surface area contributed by atoms with Crippen LogP contribution in [0.1, 0.15) is 12.5 Å². The van der Waals surface area contributed by atoms with Crippen LogP contribution in [0.15, 0.2) is 57.0 Å². The van der Waals surface area contributed by atoms with Gasteiger partial charge < -0.3 is 9.84 Å². The maximum absolute atomic E-state index is 12.3. The quantitative estimate of drug-likeness (QED) is 0.488. The van der Waals surface area contributed by atoms with E-state index in [-0.39, 0.29) is 5.56 Å². The van der Waals surface area contributed by atoms with Crippen molar-refractivity contribution in [1.82, 2.24) is 18.3 Å².